The van der Waals surface area contributed by atoms with Crippen LogP contribution in [0.1, 0.15) is 20.8 Å². The summed E-state index contributed by atoms with van der Waals surface area (Å²) in [6.45, 7) is 13.3. The molecule has 0 rings (SSSR count). The van der Waals surface area contributed by atoms with Gasteiger partial charge in [-0.25, -0.2) is 9.00 Å². The Kier molecular flexibility index (Phi) is 7.98. The zero-order valence-electron chi connectivity index (χ0n) is 11.8. The molecule has 0 bridgehead atoms. The number of hydrogen-bond acceptors (Lipinski definition) is 3. The third-order valence-electron chi connectivity index (χ3n) is 1.93. The van der Waals surface area contributed by atoms with Crippen molar-refractivity contribution in [3.8, 4) is 0 Å². The minimum absolute atomic E-state index is 0.150. The summed E-state index contributed by atoms with van der Waals surface area (Å²) < 4.78 is 20.1. The lowest BCUT2D eigenvalue weighted by Crippen LogP contribution is -2.33. The van der Waals surface area contributed by atoms with Crippen molar-refractivity contribution in [2.24, 2.45) is 4.40 Å². The first-order valence-electron chi connectivity index (χ1n) is 5.91. The summed E-state index contributed by atoms with van der Waals surface area (Å²) in [7, 11) is -1.33. The van der Waals surface area contributed by atoms with Gasteiger partial charge in [0.1, 0.15) is 17.6 Å². The third kappa shape index (κ3) is 7.56. The normalized spacial score (nSPS) is 13.0. The average molecular weight is 286 g/mol. The van der Waals surface area contributed by atoms with E-state index in [4.69, 9.17) is 4.74 Å². The number of hydrogen-bond donors (Lipinski definition) is 0. The molecular weight excluding hydrogens is 264 g/mol. The summed E-state index contributed by atoms with van der Waals surface area (Å²) in [6, 6.07) is 0. The average Bonchev–Trinajstić information content (AvgIpc) is 2.33. The fourth-order valence-corrected chi connectivity index (χ4v) is 1.48. The lowest BCUT2D eigenvalue weighted by Gasteiger charge is -2.18. The monoisotopic (exact) mass is 286 g/mol. The maximum absolute atomic E-state index is 11.7. The van der Waals surface area contributed by atoms with E-state index in [1.807, 2.05) is 20.8 Å². The maximum Gasteiger partial charge on any atom is 0.410 e. The molecule has 5 nitrogen and oxygen atoms in total. The van der Waals surface area contributed by atoms with Gasteiger partial charge in [-0.3, -0.25) is 4.90 Å². The van der Waals surface area contributed by atoms with Crippen LogP contribution in [0.4, 0.5) is 4.79 Å². The highest BCUT2D eigenvalue weighted by atomic mass is 32.2. The molecule has 0 aliphatic rings. The molecule has 0 heterocycles. The molecule has 0 unspecified atom stereocenters. The summed E-state index contributed by atoms with van der Waals surface area (Å²) in [5.41, 5.74) is 0. The largest absolute Gasteiger partial charge is 0.445 e. The fraction of sp³-hybridized carbons (Fsp3) is 0.538. The molecule has 0 aliphatic carbocycles. The number of rotatable bonds is 7. The Morgan fingerprint density at radius 3 is 2.42 bits per heavy atom. The zero-order chi connectivity index (χ0) is 14.9. The smallest absolute Gasteiger partial charge is 0.410 e. The molecule has 0 N–H and O–H groups in total. The second-order valence-corrected chi connectivity index (χ2v) is 6.64. The highest BCUT2D eigenvalue weighted by Crippen LogP contribution is 2.11. The molecule has 0 aliphatic heterocycles. The highest BCUT2D eigenvalue weighted by molar-refractivity contribution is 7.85. The fourth-order valence-electron chi connectivity index (χ4n) is 0.959. The van der Waals surface area contributed by atoms with E-state index in [1.165, 1.54) is 17.2 Å². The Balaban J connectivity index is 4.47. The first-order chi connectivity index (χ1) is 8.82. The van der Waals surface area contributed by atoms with Crippen LogP contribution in [0.5, 0.6) is 0 Å². The van der Waals surface area contributed by atoms with Crippen molar-refractivity contribution in [3.63, 3.8) is 0 Å². The number of amides is 1. The van der Waals surface area contributed by atoms with E-state index in [-0.39, 0.29) is 13.2 Å². The van der Waals surface area contributed by atoms with Gasteiger partial charge in [0.15, 0.2) is 0 Å². The van der Waals surface area contributed by atoms with Crippen LogP contribution >= 0.6 is 0 Å². The van der Waals surface area contributed by atoms with Crippen molar-refractivity contribution < 1.29 is 13.7 Å². The number of ether oxygens (including phenoxy) is 1. The summed E-state index contributed by atoms with van der Waals surface area (Å²) >= 11 is 0. The van der Waals surface area contributed by atoms with Gasteiger partial charge >= 0.3 is 6.09 Å². The molecule has 1 amide bonds. The Bertz CT molecular complexity index is 373. The van der Waals surface area contributed by atoms with Gasteiger partial charge in [0.05, 0.1) is 11.3 Å². The molecule has 19 heavy (non-hydrogen) atoms. The molecular formula is C13H22N2O3S. The molecule has 0 fully saturated rings. The van der Waals surface area contributed by atoms with Crippen LogP contribution in [0.2, 0.25) is 0 Å². The molecule has 0 aromatic rings. The standard InChI is InChI=1S/C13H22N2O3S/c1-6-9-15(12(16)18-11-7-2)10-8-14-19(17)13(3,4)5/h6-8H,1-2,9-11H2,3-5H3/b14-8+/t19-/m0/s1. The molecule has 0 spiro atoms. The van der Waals surface area contributed by atoms with E-state index in [1.54, 1.807) is 6.08 Å². The predicted molar refractivity (Wildman–Crippen MR) is 79.7 cm³/mol. The van der Waals surface area contributed by atoms with Crippen LogP contribution in [-0.4, -0.2) is 45.9 Å². The quantitative estimate of drug-likeness (QED) is 0.533. The van der Waals surface area contributed by atoms with E-state index in [0.717, 1.165) is 0 Å². The van der Waals surface area contributed by atoms with Crippen LogP contribution in [0, 0.1) is 0 Å². The summed E-state index contributed by atoms with van der Waals surface area (Å²) in [5, 5.41) is 0. The molecule has 108 valence electrons. The molecule has 0 saturated heterocycles. The number of carbonyl (C=O) groups excluding carboxylic acids is 1. The summed E-state index contributed by atoms with van der Waals surface area (Å²) in [5.74, 6) is 0. The molecule has 0 saturated carbocycles. The van der Waals surface area contributed by atoms with Crippen LogP contribution in [0.3, 0.4) is 0 Å². The van der Waals surface area contributed by atoms with Crippen molar-refractivity contribution >= 4 is 23.3 Å². The van der Waals surface area contributed by atoms with E-state index < -0.39 is 21.8 Å². The molecule has 6 heteroatoms. The Labute approximate surface area is 117 Å². The highest BCUT2D eigenvalue weighted by Gasteiger charge is 2.18. The van der Waals surface area contributed by atoms with Gasteiger partial charge in [-0.1, -0.05) is 18.7 Å². The Morgan fingerprint density at radius 1 is 1.32 bits per heavy atom. The lowest BCUT2D eigenvalue weighted by atomic mass is 10.3. The van der Waals surface area contributed by atoms with E-state index >= 15 is 0 Å². The third-order valence-corrected chi connectivity index (χ3v) is 3.32. The first-order valence-corrected chi connectivity index (χ1v) is 7.01. The minimum atomic E-state index is -1.33. The van der Waals surface area contributed by atoms with Crippen molar-refractivity contribution in [1.82, 2.24) is 4.90 Å². The van der Waals surface area contributed by atoms with Crippen LogP contribution < -0.4 is 0 Å². The molecule has 0 radical (unpaired) electrons. The van der Waals surface area contributed by atoms with Crippen molar-refractivity contribution in [3.05, 3.63) is 25.3 Å². The van der Waals surface area contributed by atoms with Gasteiger partial charge in [0.2, 0.25) is 0 Å². The van der Waals surface area contributed by atoms with Crippen molar-refractivity contribution in [2.45, 2.75) is 25.5 Å². The van der Waals surface area contributed by atoms with Crippen LogP contribution in [0.25, 0.3) is 0 Å². The van der Waals surface area contributed by atoms with Gasteiger partial charge in [-0.05, 0) is 20.8 Å². The topological polar surface area (TPSA) is 59.0 Å². The molecule has 1 atom stereocenters. The zero-order valence-corrected chi connectivity index (χ0v) is 12.6. The second-order valence-electron chi connectivity index (χ2n) is 4.71. The minimum Gasteiger partial charge on any atom is -0.445 e. The first kappa shape index (κ1) is 17.6. The Hall–Kier alpha value is -1.43. The SMILES string of the molecule is C=CCOC(=O)N(CC=C)C/C=N/[S@@](=O)C(C)(C)C. The van der Waals surface area contributed by atoms with Crippen molar-refractivity contribution in [1.29, 1.82) is 0 Å². The maximum atomic E-state index is 11.7. The van der Waals surface area contributed by atoms with Crippen LogP contribution in [-0.2, 0) is 15.7 Å². The van der Waals surface area contributed by atoms with E-state index in [9.17, 15) is 9.00 Å². The lowest BCUT2D eigenvalue weighted by molar-refractivity contribution is 0.122. The predicted octanol–water partition coefficient (Wildman–Crippen LogP) is 2.33. The Morgan fingerprint density at radius 2 is 1.95 bits per heavy atom. The van der Waals surface area contributed by atoms with Gasteiger partial charge in [-0.15, -0.1) is 6.58 Å². The van der Waals surface area contributed by atoms with Gasteiger partial charge < -0.3 is 4.74 Å². The van der Waals surface area contributed by atoms with Gasteiger partial charge in [0, 0.05) is 12.8 Å². The van der Waals surface area contributed by atoms with E-state index in [2.05, 4.69) is 17.6 Å². The number of nitrogens with zero attached hydrogens (tertiary/aromatic N) is 2. The molecule has 0 aromatic carbocycles. The summed E-state index contributed by atoms with van der Waals surface area (Å²) in [4.78, 5) is 13.0. The van der Waals surface area contributed by atoms with Gasteiger partial charge in [-0.2, -0.15) is 4.40 Å². The van der Waals surface area contributed by atoms with Crippen molar-refractivity contribution in [2.75, 3.05) is 19.7 Å². The second kappa shape index (κ2) is 8.63. The molecule has 0 aromatic heterocycles. The van der Waals surface area contributed by atoms with E-state index in [0.29, 0.717) is 6.54 Å². The van der Waals surface area contributed by atoms with Gasteiger partial charge in [0.25, 0.3) is 0 Å². The summed E-state index contributed by atoms with van der Waals surface area (Å²) in [6.07, 6.45) is 4.06. The van der Waals surface area contributed by atoms with Crippen LogP contribution in [0.15, 0.2) is 29.7 Å². The number of carbonyl (C=O) groups is 1.